The number of halogens is 2. The van der Waals surface area contributed by atoms with E-state index in [0.717, 1.165) is 12.8 Å². The highest BCUT2D eigenvalue weighted by molar-refractivity contribution is 9.10. The first-order valence-corrected chi connectivity index (χ1v) is 9.63. The van der Waals surface area contributed by atoms with E-state index in [1.165, 1.54) is 0 Å². The van der Waals surface area contributed by atoms with Gasteiger partial charge in [-0.05, 0) is 54.8 Å². The second-order valence-electron chi connectivity index (χ2n) is 6.07. The first kappa shape index (κ1) is 19.0. The molecule has 1 saturated heterocycles. The van der Waals surface area contributed by atoms with Crippen molar-refractivity contribution in [3.63, 3.8) is 0 Å². The maximum Gasteiger partial charge on any atom is 0.321 e. The number of anilines is 1. The molecule has 2 aromatic rings. The highest BCUT2D eigenvalue weighted by Gasteiger charge is 2.27. The van der Waals surface area contributed by atoms with E-state index in [1.54, 1.807) is 24.0 Å². The molecule has 140 valence electrons. The third kappa shape index (κ3) is 4.29. The lowest BCUT2D eigenvalue weighted by molar-refractivity contribution is 0.187. The Bertz CT molecular complexity index is 790. The Morgan fingerprint density at radius 2 is 2.19 bits per heavy atom. The first-order valence-electron chi connectivity index (χ1n) is 8.46. The molecule has 1 fully saturated rings. The molecule has 3 rings (SSSR count). The molecule has 0 saturated carbocycles. The van der Waals surface area contributed by atoms with Crippen LogP contribution in [-0.4, -0.2) is 40.8 Å². The number of aromatic nitrogens is 2. The van der Waals surface area contributed by atoms with E-state index in [2.05, 4.69) is 31.4 Å². The number of likely N-dealkylation sites (tertiary alicyclic amines) is 1. The van der Waals surface area contributed by atoms with E-state index in [-0.39, 0.29) is 11.9 Å². The number of nitrogens with one attached hydrogen (secondary N) is 1. The number of rotatable bonds is 4. The fourth-order valence-corrected chi connectivity index (χ4v) is 3.87. The maximum atomic E-state index is 12.6. The van der Waals surface area contributed by atoms with Crippen LogP contribution in [0.1, 0.15) is 37.4 Å². The third-order valence-corrected chi connectivity index (χ3v) is 5.02. The van der Waals surface area contributed by atoms with Gasteiger partial charge >= 0.3 is 6.03 Å². The van der Waals surface area contributed by atoms with E-state index in [4.69, 9.17) is 20.9 Å². The average molecular weight is 444 g/mol. The van der Waals surface area contributed by atoms with Crippen LogP contribution in [-0.2, 0) is 0 Å². The number of piperidine rings is 1. The smallest absolute Gasteiger partial charge is 0.321 e. The molecule has 0 atom stereocenters. The van der Waals surface area contributed by atoms with Crippen LogP contribution < -0.4 is 10.1 Å². The number of urea groups is 1. The largest absolute Gasteiger partial charge is 0.491 e. The van der Waals surface area contributed by atoms with E-state index in [1.807, 2.05) is 6.92 Å². The van der Waals surface area contributed by atoms with Gasteiger partial charge in [0.1, 0.15) is 0 Å². The lowest BCUT2D eigenvalue weighted by Gasteiger charge is -2.30. The number of ether oxygens (including phenoxy) is 1. The van der Waals surface area contributed by atoms with E-state index in [9.17, 15) is 4.79 Å². The van der Waals surface area contributed by atoms with Crippen molar-refractivity contribution < 1.29 is 14.1 Å². The van der Waals surface area contributed by atoms with Crippen LogP contribution in [0.25, 0.3) is 0 Å². The Hall–Kier alpha value is -1.80. The number of amides is 2. The highest BCUT2D eigenvalue weighted by atomic mass is 79.9. The van der Waals surface area contributed by atoms with Gasteiger partial charge in [-0.1, -0.05) is 16.8 Å². The maximum absolute atomic E-state index is 12.6. The van der Waals surface area contributed by atoms with Gasteiger partial charge in [-0.3, -0.25) is 0 Å². The molecule has 26 heavy (non-hydrogen) atoms. The predicted molar refractivity (Wildman–Crippen MR) is 102 cm³/mol. The molecule has 0 bridgehead atoms. The molecule has 9 heteroatoms. The van der Waals surface area contributed by atoms with Crippen LogP contribution in [0.4, 0.5) is 10.5 Å². The number of hydrogen-bond acceptors (Lipinski definition) is 5. The second-order valence-corrected chi connectivity index (χ2v) is 7.36. The van der Waals surface area contributed by atoms with Crippen molar-refractivity contribution in [3.8, 4) is 5.75 Å². The first-order chi connectivity index (χ1) is 12.5. The fraction of sp³-hybridized carbons (Fsp3) is 0.471. The van der Waals surface area contributed by atoms with Gasteiger partial charge in [-0.15, -0.1) is 0 Å². The minimum Gasteiger partial charge on any atom is -0.491 e. The van der Waals surface area contributed by atoms with Crippen LogP contribution in [0.3, 0.4) is 0 Å². The molecular formula is C17H20BrClN4O3. The van der Waals surface area contributed by atoms with Crippen molar-refractivity contribution >= 4 is 39.2 Å². The Labute approximate surface area is 165 Å². The third-order valence-electron chi connectivity index (χ3n) is 4.21. The lowest BCUT2D eigenvalue weighted by Crippen LogP contribution is -2.40. The molecule has 1 aliphatic heterocycles. The molecule has 1 aliphatic rings. The van der Waals surface area contributed by atoms with Gasteiger partial charge < -0.3 is 19.5 Å². The van der Waals surface area contributed by atoms with Crippen LogP contribution in [0.15, 0.2) is 21.1 Å². The minimum absolute atomic E-state index is 0.180. The molecule has 1 aromatic carbocycles. The Morgan fingerprint density at radius 3 is 2.81 bits per heavy atom. The van der Waals surface area contributed by atoms with Crippen molar-refractivity contribution in [2.24, 2.45) is 0 Å². The van der Waals surface area contributed by atoms with E-state index < -0.39 is 0 Å². The van der Waals surface area contributed by atoms with Gasteiger partial charge in [0.25, 0.3) is 0 Å². The highest BCUT2D eigenvalue weighted by Crippen LogP contribution is 2.37. The zero-order chi connectivity index (χ0) is 18.7. The van der Waals surface area contributed by atoms with Gasteiger partial charge in [-0.25, -0.2) is 4.79 Å². The van der Waals surface area contributed by atoms with Crippen LogP contribution in [0.2, 0.25) is 5.02 Å². The Kier molecular flexibility index (Phi) is 6.03. The SMILES string of the molecule is CCOc1c(Br)cc(Cl)cc1NC(=O)N1CCC(c2nc(C)no2)CC1. The number of benzene rings is 1. The summed E-state index contributed by atoms with van der Waals surface area (Å²) in [5, 5.41) is 7.25. The Balaban J connectivity index is 1.64. The molecule has 1 aromatic heterocycles. The number of carbonyl (C=O) groups is 1. The monoisotopic (exact) mass is 442 g/mol. The zero-order valence-corrected chi connectivity index (χ0v) is 16.9. The molecule has 2 amide bonds. The predicted octanol–water partition coefficient (Wildman–Crippen LogP) is 4.60. The normalized spacial score (nSPS) is 15.2. The topological polar surface area (TPSA) is 80.5 Å². The molecule has 0 aliphatic carbocycles. The van der Waals surface area contributed by atoms with Gasteiger partial charge in [-0.2, -0.15) is 4.98 Å². The molecule has 0 spiro atoms. The summed E-state index contributed by atoms with van der Waals surface area (Å²) in [6.45, 7) is 5.40. The lowest BCUT2D eigenvalue weighted by atomic mass is 9.97. The fourth-order valence-electron chi connectivity index (χ4n) is 2.95. The molecule has 2 heterocycles. The van der Waals surface area contributed by atoms with Gasteiger partial charge in [0, 0.05) is 24.0 Å². The number of carbonyl (C=O) groups excluding carboxylic acids is 1. The molecular weight excluding hydrogens is 424 g/mol. The number of hydrogen-bond donors (Lipinski definition) is 1. The zero-order valence-electron chi connectivity index (χ0n) is 14.6. The number of nitrogens with zero attached hydrogens (tertiary/aromatic N) is 3. The summed E-state index contributed by atoms with van der Waals surface area (Å²) < 4.78 is 11.6. The van der Waals surface area contributed by atoms with E-state index in [0.29, 0.717) is 52.3 Å². The van der Waals surface area contributed by atoms with E-state index >= 15 is 0 Å². The van der Waals surface area contributed by atoms with Gasteiger partial charge in [0.15, 0.2) is 11.6 Å². The summed E-state index contributed by atoms with van der Waals surface area (Å²) in [4.78, 5) is 18.7. The van der Waals surface area contributed by atoms with Crippen molar-refractivity contribution in [2.75, 3.05) is 25.0 Å². The minimum atomic E-state index is -0.180. The van der Waals surface area contributed by atoms with Crippen LogP contribution in [0, 0.1) is 6.92 Å². The summed E-state index contributed by atoms with van der Waals surface area (Å²) in [5.74, 6) is 2.05. The van der Waals surface area contributed by atoms with Crippen LogP contribution >= 0.6 is 27.5 Å². The standard InChI is InChI=1S/C17H20BrClN4O3/c1-3-25-15-13(18)8-12(19)9-14(15)21-17(24)23-6-4-11(5-7-23)16-20-10(2)22-26-16/h8-9,11H,3-7H2,1-2H3,(H,21,24). The Morgan fingerprint density at radius 1 is 1.46 bits per heavy atom. The van der Waals surface area contributed by atoms with Crippen molar-refractivity contribution in [3.05, 3.63) is 33.3 Å². The summed E-state index contributed by atoms with van der Waals surface area (Å²) in [6, 6.07) is 3.24. The number of aryl methyl sites for hydroxylation is 1. The van der Waals surface area contributed by atoms with Crippen molar-refractivity contribution in [1.82, 2.24) is 15.0 Å². The van der Waals surface area contributed by atoms with Gasteiger partial charge in [0.05, 0.1) is 16.8 Å². The van der Waals surface area contributed by atoms with Crippen LogP contribution in [0.5, 0.6) is 5.75 Å². The molecule has 7 nitrogen and oxygen atoms in total. The summed E-state index contributed by atoms with van der Waals surface area (Å²) >= 11 is 9.53. The molecule has 0 radical (unpaired) electrons. The van der Waals surface area contributed by atoms with Crippen molar-refractivity contribution in [1.29, 1.82) is 0 Å². The second kappa shape index (κ2) is 8.26. The summed E-state index contributed by atoms with van der Waals surface area (Å²) in [7, 11) is 0. The summed E-state index contributed by atoms with van der Waals surface area (Å²) in [6.07, 6.45) is 1.57. The van der Waals surface area contributed by atoms with Crippen molar-refractivity contribution in [2.45, 2.75) is 32.6 Å². The van der Waals surface area contributed by atoms with Gasteiger partial charge in [0.2, 0.25) is 5.89 Å². The quantitative estimate of drug-likeness (QED) is 0.746. The molecule has 1 N–H and O–H groups in total. The molecule has 0 unspecified atom stereocenters. The average Bonchev–Trinajstić information content (AvgIpc) is 3.04. The summed E-state index contributed by atoms with van der Waals surface area (Å²) in [5.41, 5.74) is 0.547.